The van der Waals surface area contributed by atoms with Gasteiger partial charge in [0.2, 0.25) is 0 Å². The minimum atomic E-state index is 1.10. The molecular formula is C40H26N2. The normalized spacial score (nSPS) is 11.3. The minimum absolute atomic E-state index is 1.10. The van der Waals surface area contributed by atoms with E-state index in [1.54, 1.807) is 0 Å². The lowest BCUT2D eigenvalue weighted by molar-refractivity contribution is 1.32. The van der Waals surface area contributed by atoms with Gasteiger partial charge < -0.3 is 0 Å². The van der Waals surface area contributed by atoms with Crippen LogP contribution in [0.3, 0.4) is 0 Å². The maximum Gasteiger partial charge on any atom is 0.0346 e. The summed E-state index contributed by atoms with van der Waals surface area (Å²) < 4.78 is 0. The fourth-order valence-electron chi connectivity index (χ4n) is 6.15. The Morgan fingerprint density at radius 1 is 0.262 bits per heavy atom. The molecule has 8 aromatic rings. The van der Waals surface area contributed by atoms with Gasteiger partial charge in [-0.3, -0.25) is 9.97 Å². The van der Waals surface area contributed by atoms with Crippen LogP contribution in [0.5, 0.6) is 0 Å². The maximum absolute atomic E-state index is 4.39. The van der Waals surface area contributed by atoms with E-state index >= 15 is 0 Å². The Hall–Kier alpha value is -5.60. The van der Waals surface area contributed by atoms with Gasteiger partial charge in [0.25, 0.3) is 0 Å². The smallest absolute Gasteiger partial charge is 0.0346 e. The summed E-state index contributed by atoms with van der Waals surface area (Å²) in [7, 11) is 0. The molecule has 0 bridgehead atoms. The molecule has 8 rings (SSSR count). The molecule has 0 saturated carbocycles. The Bertz CT molecular complexity index is 2160. The van der Waals surface area contributed by atoms with E-state index in [1.807, 2.05) is 30.9 Å². The molecule has 2 aromatic heterocycles. The van der Waals surface area contributed by atoms with Crippen molar-refractivity contribution in [3.63, 3.8) is 0 Å². The zero-order valence-electron chi connectivity index (χ0n) is 22.9. The van der Waals surface area contributed by atoms with Gasteiger partial charge in [0.1, 0.15) is 0 Å². The molecule has 2 heteroatoms. The zero-order valence-corrected chi connectivity index (χ0v) is 22.9. The second-order valence-electron chi connectivity index (χ2n) is 10.7. The molecule has 0 aliphatic carbocycles. The number of nitrogens with zero attached hydrogens (tertiary/aromatic N) is 2. The van der Waals surface area contributed by atoms with Crippen LogP contribution in [0.15, 0.2) is 158 Å². The average Bonchev–Trinajstić information content (AvgIpc) is 3.09. The van der Waals surface area contributed by atoms with Crippen LogP contribution >= 0.6 is 0 Å². The summed E-state index contributed by atoms with van der Waals surface area (Å²) in [5, 5.41) is 7.63. The van der Waals surface area contributed by atoms with Crippen molar-refractivity contribution in [2.24, 2.45) is 0 Å². The van der Waals surface area contributed by atoms with Crippen molar-refractivity contribution < 1.29 is 0 Å². The number of benzene rings is 6. The van der Waals surface area contributed by atoms with Crippen molar-refractivity contribution in [1.82, 2.24) is 9.97 Å². The summed E-state index contributed by atoms with van der Waals surface area (Å²) in [6.45, 7) is 0. The van der Waals surface area contributed by atoms with Crippen molar-refractivity contribution >= 4 is 32.3 Å². The highest BCUT2D eigenvalue weighted by Gasteiger charge is 2.13. The van der Waals surface area contributed by atoms with Crippen molar-refractivity contribution in [2.75, 3.05) is 0 Å². The van der Waals surface area contributed by atoms with Crippen LogP contribution in [0, 0.1) is 0 Å². The molecule has 42 heavy (non-hydrogen) atoms. The van der Waals surface area contributed by atoms with E-state index in [9.17, 15) is 0 Å². The monoisotopic (exact) mass is 534 g/mol. The Labute approximate surface area is 244 Å². The molecule has 0 saturated heterocycles. The summed E-state index contributed by atoms with van der Waals surface area (Å²) in [6.07, 6.45) is 7.45. The van der Waals surface area contributed by atoms with Crippen LogP contribution in [-0.4, -0.2) is 9.97 Å². The van der Waals surface area contributed by atoms with Gasteiger partial charge >= 0.3 is 0 Å². The first kappa shape index (κ1) is 24.2. The quantitative estimate of drug-likeness (QED) is 0.210. The Balaban J connectivity index is 1.38. The van der Waals surface area contributed by atoms with Crippen LogP contribution in [0.4, 0.5) is 0 Å². The highest BCUT2D eigenvalue weighted by molar-refractivity contribution is 6.26. The minimum Gasteiger partial charge on any atom is -0.265 e. The molecule has 6 aromatic carbocycles. The number of hydrogen-bond acceptors (Lipinski definition) is 2. The molecule has 2 heterocycles. The molecule has 196 valence electrons. The lowest BCUT2D eigenvalue weighted by atomic mass is 9.89. The molecule has 0 N–H and O–H groups in total. The molecule has 0 fully saturated rings. The van der Waals surface area contributed by atoms with E-state index in [0.717, 1.165) is 22.3 Å². The third kappa shape index (κ3) is 4.22. The van der Waals surface area contributed by atoms with E-state index in [2.05, 4.69) is 137 Å². The van der Waals surface area contributed by atoms with Crippen LogP contribution in [0.2, 0.25) is 0 Å². The van der Waals surface area contributed by atoms with Crippen molar-refractivity contribution in [3.8, 4) is 44.5 Å². The van der Waals surface area contributed by atoms with Gasteiger partial charge in [-0.1, -0.05) is 84.9 Å². The van der Waals surface area contributed by atoms with E-state index < -0.39 is 0 Å². The molecule has 0 radical (unpaired) electrons. The predicted molar refractivity (Wildman–Crippen MR) is 176 cm³/mol. The summed E-state index contributed by atoms with van der Waals surface area (Å²) in [5.41, 5.74) is 9.36. The zero-order chi connectivity index (χ0) is 27.9. The Morgan fingerprint density at radius 3 is 1.43 bits per heavy atom. The van der Waals surface area contributed by atoms with Crippen LogP contribution in [0.25, 0.3) is 76.8 Å². The van der Waals surface area contributed by atoms with Gasteiger partial charge in [0, 0.05) is 30.4 Å². The number of hydrogen-bond donors (Lipinski definition) is 0. The summed E-state index contributed by atoms with van der Waals surface area (Å²) in [4.78, 5) is 8.62. The van der Waals surface area contributed by atoms with E-state index in [0.29, 0.717) is 0 Å². The molecular weight excluding hydrogens is 508 g/mol. The molecule has 2 nitrogen and oxygen atoms in total. The van der Waals surface area contributed by atoms with Gasteiger partial charge in [-0.25, -0.2) is 0 Å². The van der Waals surface area contributed by atoms with Gasteiger partial charge in [0.05, 0.1) is 0 Å². The van der Waals surface area contributed by atoms with Crippen molar-refractivity contribution in [2.45, 2.75) is 0 Å². The average molecular weight is 535 g/mol. The molecule has 0 unspecified atom stereocenters. The second-order valence-corrected chi connectivity index (χ2v) is 10.7. The number of pyridine rings is 2. The number of fused-ring (bicyclic) bond motifs is 6. The van der Waals surface area contributed by atoms with Crippen LogP contribution < -0.4 is 0 Å². The fraction of sp³-hybridized carbons (Fsp3) is 0. The first-order chi connectivity index (χ1) is 20.8. The molecule has 0 aliphatic heterocycles. The first-order valence-electron chi connectivity index (χ1n) is 14.2. The third-order valence-electron chi connectivity index (χ3n) is 8.22. The van der Waals surface area contributed by atoms with Gasteiger partial charge in [0.15, 0.2) is 0 Å². The number of rotatable bonds is 4. The van der Waals surface area contributed by atoms with E-state index in [1.165, 1.54) is 54.6 Å². The second kappa shape index (κ2) is 10.1. The molecule has 0 atom stereocenters. The first-order valence-corrected chi connectivity index (χ1v) is 14.2. The predicted octanol–water partition coefficient (Wildman–Crippen LogP) is 10.6. The maximum atomic E-state index is 4.39. The van der Waals surface area contributed by atoms with Crippen molar-refractivity contribution in [1.29, 1.82) is 0 Å². The standard InChI is InChI=1S/C40H26N2/c1-2-7-27(8-3-1)29-12-15-38-39(24-29)36-11-5-4-10-35(36)37-14-13-30(25-40(37)38)33-21-32(28-16-19-41-20-17-28)22-34(23-33)31-9-6-18-42-26-31/h1-26H. The summed E-state index contributed by atoms with van der Waals surface area (Å²) >= 11 is 0. The largest absolute Gasteiger partial charge is 0.265 e. The summed E-state index contributed by atoms with van der Waals surface area (Å²) in [6, 6.07) is 48.3. The Morgan fingerprint density at radius 2 is 0.762 bits per heavy atom. The lowest BCUT2D eigenvalue weighted by Crippen LogP contribution is -1.89. The third-order valence-corrected chi connectivity index (χ3v) is 8.22. The van der Waals surface area contributed by atoms with Crippen LogP contribution in [-0.2, 0) is 0 Å². The van der Waals surface area contributed by atoms with Crippen molar-refractivity contribution in [3.05, 3.63) is 158 Å². The number of aromatic nitrogens is 2. The molecule has 0 spiro atoms. The summed E-state index contributed by atoms with van der Waals surface area (Å²) in [5.74, 6) is 0. The highest BCUT2D eigenvalue weighted by atomic mass is 14.6. The van der Waals surface area contributed by atoms with E-state index in [4.69, 9.17) is 0 Å². The highest BCUT2D eigenvalue weighted by Crippen LogP contribution is 2.40. The lowest BCUT2D eigenvalue weighted by Gasteiger charge is -2.15. The molecule has 0 aliphatic rings. The van der Waals surface area contributed by atoms with Crippen LogP contribution in [0.1, 0.15) is 0 Å². The van der Waals surface area contributed by atoms with Gasteiger partial charge in [-0.15, -0.1) is 0 Å². The van der Waals surface area contributed by atoms with Gasteiger partial charge in [-0.2, -0.15) is 0 Å². The van der Waals surface area contributed by atoms with E-state index in [-0.39, 0.29) is 0 Å². The fourth-order valence-corrected chi connectivity index (χ4v) is 6.15. The topological polar surface area (TPSA) is 25.8 Å². The Kier molecular flexibility index (Phi) is 5.82. The van der Waals surface area contributed by atoms with Gasteiger partial charge in [-0.05, 0) is 120 Å². The molecule has 0 amide bonds. The SMILES string of the molecule is c1ccc(-c2ccc3c(c2)c2ccccc2c2ccc(-c4cc(-c5ccncc5)cc(-c5cccnc5)c4)cc23)cc1.